The maximum Gasteiger partial charge on any atom is 0.269 e. The van der Waals surface area contributed by atoms with Gasteiger partial charge < -0.3 is 0 Å². The molecule has 0 saturated carbocycles. The summed E-state index contributed by atoms with van der Waals surface area (Å²) in [7, 11) is 0. The normalized spacial score (nSPS) is 11.7. The molecule has 0 saturated heterocycles. The Morgan fingerprint density at radius 2 is 1.74 bits per heavy atom. The Morgan fingerprint density at radius 3 is 2.26 bits per heavy atom. The summed E-state index contributed by atoms with van der Waals surface area (Å²) in [6.07, 6.45) is 2.70. The maximum absolute atomic E-state index is 11.8. The predicted molar refractivity (Wildman–Crippen MR) is 75.5 cm³/mol. The number of amides is 2. The van der Waals surface area contributed by atoms with Crippen LogP contribution in [0.15, 0.2) is 24.3 Å². The van der Waals surface area contributed by atoms with E-state index < -0.39 is 0 Å². The van der Waals surface area contributed by atoms with Crippen LogP contribution in [0.4, 0.5) is 0 Å². The number of carbonyl (C=O) groups is 2. The van der Waals surface area contributed by atoms with Gasteiger partial charge in [-0.2, -0.15) is 0 Å². The average molecular weight is 262 g/mol. The van der Waals surface area contributed by atoms with Crippen LogP contribution in [0.2, 0.25) is 0 Å². The number of aryl methyl sites for hydroxylation is 1. The fourth-order valence-corrected chi connectivity index (χ4v) is 1.77. The number of hydrogen-bond donors (Lipinski definition) is 2. The average Bonchev–Trinajstić information content (AvgIpc) is 2.44. The molecule has 4 heteroatoms. The number of hydrazine groups is 1. The quantitative estimate of drug-likeness (QED) is 0.801. The first-order chi connectivity index (χ1) is 9.08. The summed E-state index contributed by atoms with van der Waals surface area (Å²) in [6, 6.07) is 7.35. The lowest BCUT2D eigenvalue weighted by atomic mass is 10.1. The zero-order chi connectivity index (χ0) is 14.3. The van der Waals surface area contributed by atoms with Gasteiger partial charge in [0.05, 0.1) is 0 Å². The van der Waals surface area contributed by atoms with Gasteiger partial charge in [0.2, 0.25) is 5.91 Å². The van der Waals surface area contributed by atoms with E-state index in [4.69, 9.17) is 0 Å². The van der Waals surface area contributed by atoms with Crippen molar-refractivity contribution in [2.24, 2.45) is 5.92 Å². The van der Waals surface area contributed by atoms with Crippen molar-refractivity contribution in [3.05, 3.63) is 35.4 Å². The molecular weight excluding hydrogens is 240 g/mol. The Morgan fingerprint density at radius 1 is 1.11 bits per heavy atom. The van der Waals surface area contributed by atoms with Crippen molar-refractivity contribution in [3.8, 4) is 0 Å². The molecule has 2 amide bonds. The van der Waals surface area contributed by atoms with Crippen molar-refractivity contribution in [3.63, 3.8) is 0 Å². The predicted octanol–water partition coefficient (Wildman–Crippen LogP) is 2.45. The second-order valence-electron chi connectivity index (χ2n) is 4.68. The molecule has 0 heterocycles. The smallest absolute Gasteiger partial charge is 0.269 e. The summed E-state index contributed by atoms with van der Waals surface area (Å²) < 4.78 is 0. The summed E-state index contributed by atoms with van der Waals surface area (Å²) in [5.41, 5.74) is 6.61. The van der Waals surface area contributed by atoms with Gasteiger partial charge in [0.1, 0.15) is 0 Å². The van der Waals surface area contributed by atoms with Crippen molar-refractivity contribution in [1.29, 1.82) is 0 Å². The highest BCUT2D eigenvalue weighted by atomic mass is 16.2. The van der Waals surface area contributed by atoms with E-state index in [1.807, 2.05) is 26.0 Å². The molecule has 19 heavy (non-hydrogen) atoms. The van der Waals surface area contributed by atoms with E-state index in [1.54, 1.807) is 12.1 Å². The standard InChI is InChI=1S/C15H22N2O2/c1-4-6-11(3)14(18)16-17-15(19)13-9-7-12(5-2)8-10-13/h7-11H,4-6H2,1-3H3,(H,16,18)(H,17,19). The molecule has 1 atom stereocenters. The van der Waals surface area contributed by atoms with Crippen LogP contribution in [0.3, 0.4) is 0 Å². The summed E-state index contributed by atoms with van der Waals surface area (Å²) in [4.78, 5) is 23.4. The fourth-order valence-electron chi connectivity index (χ4n) is 1.77. The highest BCUT2D eigenvalue weighted by Gasteiger charge is 2.12. The van der Waals surface area contributed by atoms with E-state index in [-0.39, 0.29) is 17.7 Å². The molecule has 2 N–H and O–H groups in total. The molecule has 0 aliphatic heterocycles. The first kappa shape index (κ1) is 15.2. The van der Waals surface area contributed by atoms with Crippen molar-refractivity contribution in [1.82, 2.24) is 10.9 Å². The lowest BCUT2D eigenvalue weighted by Crippen LogP contribution is -2.44. The number of benzene rings is 1. The Balaban J connectivity index is 2.48. The third-order valence-electron chi connectivity index (χ3n) is 3.09. The molecule has 0 aromatic heterocycles. The Bertz CT molecular complexity index is 426. The summed E-state index contributed by atoms with van der Waals surface area (Å²) >= 11 is 0. The zero-order valence-electron chi connectivity index (χ0n) is 11.8. The molecule has 0 aliphatic rings. The third-order valence-corrected chi connectivity index (χ3v) is 3.09. The molecule has 0 radical (unpaired) electrons. The van der Waals surface area contributed by atoms with E-state index in [0.717, 1.165) is 19.3 Å². The highest BCUT2D eigenvalue weighted by molar-refractivity contribution is 5.95. The molecule has 104 valence electrons. The molecule has 1 aromatic rings. The molecule has 1 unspecified atom stereocenters. The summed E-state index contributed by atoms with van der Waals surface area (Å²) in [5.74, 6) is -0.534. The lowest BCUT2D eigenvalue weighted by Gasteiger charge is -2.12. The lowest BCUT2D eigenvalue weighted by molar-refractivity contribution is -0.125. The first-order valence-electron chi connectivity index (χ1n) is 6.77. The van der Waals surface area contributed by atoms with Crippen molar-refractivity contribution >= 4 is 11.8 Å². The van der Waals surface area contributed by atoms with Gasteiger partial charge in [-0.1, -0.05) is 39.3 Å². The monoisotopic (exact) mass is 262 g/mol. The van der Waals surface area contributed by atoms with Crippen molar-refractivity contribution < 1.29 is 9.59 Å². The van der Waals surface area contributed by atoms with Crippen LogP contribution < -0.4 is 10.9 Å². The molecule has 0 spiro atoms. The molecule has 1 rings (SSSR count). The number of hydrogen-bond acceptors (Lipinski definition) is 2. The van der Waals surface area contributed by atoms with E-state index in [1.165, 1.54) is 5.56 Å². The highest BCUT2D eigenvalue weighted by Crippen LogP contribution is 2.05. The van der Waals surface area contributed by atoms with Gasteiger partial charge in [-0.3, -0.25) is 20.4 Å². The SMILES string of the molecule is CCCC(C)C(=O)NNC(=O)c1ccc(CC)cc1. The van der Waals surface area contributed by atoms with Crippen LogP contribution in [0, 0.1) is 5.92 Å². The number of nitrogens with one attached hydrogen (secondary N) is 2. The van der Waals surface area contributed by atoms with Crippen LogP contribution in [-0.2, 0) is 11.2 Å². The van der Waals surface area contributed by atoms with E-state index in [2.05, 4.69) is 17.8 Å². The van der Waals surface area contributed by atoms with Gasteiger partial charge in [0.25, 0.3) is 5.91 Å². The Labute approximate surface area is 114 Å². The zero-order valence-corrected chi connectivity index (χ0v) is 11.8. The number of rotatable bonds is 5. The Kier molecular flexibility index (Phi) is 6.06. The number of carbonyl (C=O) groups excluding carboxylic acids is 2. The minimum absolute atomic E-state index is 0.0900. The molecule has 1 aromatic carbocycles. The van der Waals surface area contributed by atoms with E-state index in [9.17, 15) is 9.59 Å². The van der Waals surface area contributed by atoms with Crippen LogP contribution in [0.5, 0.6) is 0 Å². The summed E-state index contributed by atoms with van der Waals surface area (Å²) in [5, 5.41) is 0. The van der Waals surface area contributed by atoms with Crippen LogP contribution in [0.1, 0.15) is 49.5 Å². The first-order valence-corrected chi connectivity index (χ1v) is 6.77. The van der Waals surface area contributed by atoms with Gasteiger partial charge in [-0.25, -0.2) is 0 Å². The second-order valence-corrected chi connectivity index (χ2v) is 4.68. The topological polar surface area (TPSA) is 58.2 Å². The van der Waals surface area contributed by atoms with Crippen molar-refractivity contribution in [2.45, 2.75) is 40.0 Å². The minimum Gasteiger partial charge on any atom is -0.273 e. The van der Waals surface area contributed by atoms with E-state index in [0.29, 0.717) is 5.56 Å². The summed E-state index contributed by atoms with van der Waals surface area (Å²) in [6.45, 7) is 5.93. The molecule has 4 nitrogen and oxygen atoms in total. The second kappa shape index (κ2) is 7.56. The van der Waals surface area contributed by atoms with Gasteiger partial charge in [-0.05, 0) is 30.5 Å². The fraction of sp³-hybridized carbons (Fsp3) is 0.467. The minimum atomic E-state index is -0.292. The largest absolute Gasteiger partial charge is 0.273 e. The van der Waals surface area contributed by atoms with E-state index >= 15 is 0 Å². The van der Waals surface area contributed by atoms with Crippen LogP contribution in [-0.4, -0.2) is 11.8 Å². The van der Waals surface area contributed by atoms with Gasteiger partial charge in [-0.15, -0.1) is 0 Å². The molecule has 0 fully saturated rings. The molecule has 0 bridgehead atoms. The third kappa shape index (κ3) is 4.73. The van der Waals surface area contributed by atoms with Gasteiger partial charge in [0.15, 0.2) is 0 Å². The van der Waals surface area contributed by atoms with Gasteiger partial charge >= 0.3 is 0 Å². The van der Waals surface area contributed by atoms with Gasteiger partial charge in [0, 0.05) is 11.5 Å². The maximum atomic E-state index is 11.8. The van der Waals surface area contributed by atoms with Crippen LogP contribution in [0.25, 0.3) is 0 Å². The Hall–Kier alpha value is -1.84. The molecular formula is C15H22N2O2. The molecule has 0 aliphatic carbocycles. The van der Waals surface area contributed by atoms with Crippen molar-refractivity contribution in [2.75, 3.05) is 0 Å². The van der Waals surface area contributed by atoms with Crippen LogP contribution >= 0.6 is 0 Å².